The Bertz CT molecular complexity index is 1070. The maximum Gasteiger partial charge on any atom is 0.233 e. The van der Waals surface area contributed by atoms with Crippen molar-refractivity contribution < 1.29 is 23.5 Å². The van der Waals surface area contributed by atoms with E-state index < -0.39 is 11.2 Å². The fraction of sp³-hybridized carbons (Fsp3) is 0.462. The highest BCUT2D eigenvalue weighted by molar-refractivity contribution is 5.94. The van der Waals surface area contributed by atoms with E-state index in [0.29, 0.717) is 56.4 Å². The van der Waals surface area contributed by atoms with Crippen LogP contribution in [0.25, 0.3) is 0 Å². The van der Waals surface area contributed by atoms with Gasteiger partial charge in [0, 0.05) is 31.7 Å². The number of nitrogens with zero attached hydrogens (tertiary/aromatic N) is 2. The first-order chi connectivity index (χ1) is 16.0. The van der Waals surface area contributed by atoms with E-state index in [0.717, 1.165) is 37.0 Å². The number of carbonyl (C=O) groups excluding carboxylic acids is 2. The summed E-state index contributed by atoms with van der Waals surface area (Å²) in [5.74, 6) is 1.05. The minimum Gasteiger partial charge on any atom is -0.486 e. The van der Waals surface area contributed by atoms with Crippen LogP contribution in [0.15, 0.2) is 36.4 Å². The van der Waals surface area contributed by atoms with E-state index in [2.05, 4.69) is 0 Å². The van der Waals surface area contributed by atoms with Gasteiger partial charge in [-0.05, 0) is 55.7 Å². The molecule has 33 heavy (non-hydrogen) atoms. The zero-order chi connectivity index (χ0) is 23.0. The quantitative estimate of drug-likeness (QED) is 0.658. The minimum absolute atomic E-state index is 0.156. The molecule has 0 spiro atoms. The van der Waals surface area contributed by atoms with Crippen molar-refractivity contribution in [2.24, 2.45) is 0 Å². The molecule has 0 bridgehead atoms. The van der Waals surface area contributed by atoms with Crippen LogP contribution >= 0.6 is 0 Å². The van der Waals surface area contributed by atoms with E-state index in [-0.39, 0.29) is 11.7 Å². The Morgan fingerprint density at radius 2 is 1.61 bits per heavy atom. The molecule has 7 heteroatoms. The third kappa shape index (κ3) is 3.94. The largest absolute Gasteiger partial charge is 0.486 e. The predicted molar refractivity (Wildman–Crippen MR) is 123 cm³/mol. The molecule has 6 nitrogen and oxygen atoms in total. The number of ketones is 1. The third-order valence-electron chi connectivity index (χ3n) is 7.22. The SMILES string of the molecule is CC(=O)c1ccc(N2CCN(C(=O)C3(c4ccc5c(c4)OCCO5)CCCC3)CC2)c(F)c1. The number of benzene rings is 2. The van der Waals surface area contributed by atoms with Crippen molar-refractivity contribution in [1.82, 2.24) is 4.90 Å². The molecule has 0 atom stereocenters. The van der Waals surface area contributed by atoms with Crippen molar-refractivity contribution in [3.63, 3.8) is 0 Å². The van der Waals surface area contributed by atoms with E-state index in [1.54, 1.807) is 12.1 Å². The van der Waals surface area contributed by atoms with Gasteiger partial charge >= 0.3 is 0 Å². The van der Waals surface area contributed by atoms with Crippen molar-refractivity contribution >= 4 is 17.4 Å². The summed E-state index contributed by atoms with van der Waals surface area (Å²) in [7, 11) is 0. The van der Waals surface area contributed by atoms with Crippen molar-refractivity contribution in [2.75, 3.05) is 44.3 Å². The summed E-state index contributed by atoms with van der Waals surface area (Å²) < 4.78 is 26.1. The van der Waals surface area contributed by atoms with Gasteiger partial charge in [0.15, 0.2) is 17.3 Å². The summed E-state index contributed by atoms with van der Waals surface area (Å²) in [4.78, 5) is 29.2. The lowest BCUT2D eigenvalue weighted by Gasteiger charge is -2.41. The molecule has 3 aliphatic rings. The van der Waals surface area contributed by atoms with E-state index in [1.807, 2.05) is 28.0 Å². The number of ether oxygens (including phenoxy) is 2. The second-order valence-corrected chi connectivity index (χ2v) is 9.15. The molecule has 1 aliphatic carbocycles. The molecule has 2 aromatic carbocycles. The van der Waals surface area contributed by atoms with Gasteiger partial charge in [-0.15, -0.1) is 0 Å². The number of halogens is 1. The van der Waals surface area contributed by atoms with Crippen LogP contribution in [0, 0.1) is 5.82 Å². The molecular weight excluding hydrogens is 423 g/mol. The molecule has 0 aromatic heterocycles. The zero-order valence-electron chi connectivity index (χ0n) is 18.9. The second-order valence-electron chi connectivity index (χ2n) is 9.15. The molecule has 174 valence electrons. The molecule has 0 N–H and O–H groups in total. The molecule has 2 heterocycles. The molecule has 2 aromatic rings. The Balaban J connectivity index is 1.33. The van der Waals surface area contributed by atoms with Gasteiger partial charge in [-0.3, -0.25) is 9.59 Å². The number of anilines is 1. The first-order valence-corrected chi connectivity index (χ1v) is 11.7. The van der Waals surface area contributed by atoms with Gasteiger partial charge in [0.1, 0.15) is 19.0 Å². The molecule has 5 rings (SSSR count). The molecule has 2 fully saturated rings. The summed E-state index contributed by atoms with van der Waals surface area (Å²) in [6.07, 6.45) is 3.70. The average Bonchev–Trinajstić information content (AvgIpc) is 3.34. The van der Waals surface area contributed by atoms with Gasteiger partial charge in [0.2, 0.25) is 5.91 Å². The highest BCUT2D eigenvalue weighted by atomic mass is 19.1. The number of Topliss-reactive ketones (excluding diaryl/α,β-unsaturated/α-hetero) is 1. The second kappa shape index (κ2) is 8.69. The zero-order valence-corrected chi connectivity index (χ0v) is 18.9. The maximum absolute atomic E-state index is 14.6. The van der Waals surface area contributed by atoms with Gasteiger partial charge in [0.25, 0.3) is 0 Å². The number of rotatable bonds is 4. The number of hydrogen-bond donors (Lipinski definition) is 0. The summed E-state index contributed by atoms with van der Waals surface area (Å²) in [5, 5.41) is 0. The molecule has 1 saturated carbocycles. The lowest BCUT2D eigenvalue weighted by atomic mass is 9.77. The Morgan fingerprint density at radius 3 is 2.27 bits per heavy atom. The highest BCUT2D eigenvalue weighted by Crippen LogP contribution is 2.45. The molecule has 1 saturated heterocycles. The van der Waals surface area contributed by atoms with Crippen LogP contribution in [0.1, 0.15) is 48.5 Å². The van der Waals surface area contributed by atoms with Crippen LogP contribution < -0.4 is 14.4 Å². The van der Waals surface area contributed by atoms with E-state index in [1.165, 1.54) is 13.0 Å². The third-order valence-corrected chi connectivity index (χ3v) is 7.22. The number of fused-ring (bicyclic) bond motifs is 1. The lowest BCUT2D eigenvalue weighted by molar-refractivity contribution is -0.137. The highest BCUT2D eigenvalue weighted by Gasteiger charge is 2.46. The summed E-state index contributed by atoms with van der Waals surface area (Å²) >= 11 is 0. The first kappa shape index (κ1) is 21.7. The van der Waals surface area contributed by atoms with Crippen molar-refractivity contribution in [2.45, 2.75) is 38.0 Å². The van der Waals surface area contributed by atoms with Crippen molar-refractivity contribution in [3.8, 4) is 11.5 Å². The Labute approximate surface area is 193 Å². The first-order valence-electron chi connectivity index (χ1n) is 11.7. The van der Waals surface area contributed by atoms with Crippen LogP contribution in [0.5, 0.6) is 11.5 Å². The average molecular weight is 453 g/mol. The number of piperazine rings is 1. The van der Waals surface area contributed by atoms with Gasteiger partial charge in [0.05, 0.1) is 11.1 Å². The molecule has 2 aliphatic heterocycles. The van der Waals surface area contributed by atoms with E-state index in [9.17, 15) is 14.0 Å². The van der Waals surface area contributed by atoms with Gasteiger partial charge in [-0.25, -0.2) is 4.39 Å². The summed E-state index contributed by atoms with van der Waals surface area (Å²) in [5.41, 5.74) is 1.32. The molecular formula is C26H29FN2O4. The van der Waals surface area contributed by atoms with E-state index >= 15 is 0 Å². The van der Waals surface area contributed by atoms with Crippen LogP contribution in [0.2, 0.25) is 0 Å². The van der Waals surface area contributed by atoms with Crippen molar-refractivity contribution in [3.05, 3.63) is 53.3 Å². The van der Waals surface area contributed by atoms with Crippen molar-refractivity contribution in [1.29, 1.82) is 0 Å². The van der Waals surface area contributed by atoms with E-state index in [4.69, 9.17) is 9.47 Å². The van der Waals surface area contributed by atoms with Crippen LogP contribution in [0.3, 0.4) is 0 Å². The predicted octanol–water partition coefficient (Wildman–Crippen LogP) is 3.96. The number of hydrogen-bond acceptors (Lipinski definition) is 5. The topological polar surface area (TPSA) is 59.1 Å². The molecule has 0 radical (unpaired) electrons. The number of carbonyl (C=O) groups is 2. The van der Waals surface area contributed by atoms with Gasteiger partial charge < -0.3 is 19.3 Å². The molecule has 1 amide bonds. The van der Waals surface area contributed by atoms with Gasteiger partial charge in [-0.1, -0.05) is 18.9 Å². The Morgan fingerprint density at radius 1 is 0.909 bits per heavy atom. The minimum atomic E-state index is -0.535. The molecule has 0 unspecified atom stereocenters. The smallest absolute Gasteiger partial charge is 0.233 e. The lowest BCUT2D eigenvalue weighted by Crippen LogP contribution is -2.54. The fourth-order valence-corrected chi connectivity index (χ4v) is 5.38. The Kier molecular flexibility index (Phi) is 5.72. The van der Waals surface area contributed by atoms with Crippen LogP contribution in [-0.2, 0) is 10.2 Å². The Hall–Kier alpha value is -3.09. The standard InChI is InChI=1S/C26H29FN2O4/c1-18(30)19-4-6-22(21(27)16-19)28-10-12-29(13-11-28)25(31)26(8-2-3-9-26)20-5-7-23-24(17-20)33-15-14-32-23/h4-7,16-17H,2-3,8-15H2,1H3. The maximum atomic E-state index is 14.6. The monoisotopic (exact) mass is 452 g/mol. The normalized spacial score (nSPS) is 19.5. The van der Waals surface area contributed by atoms with Crippen LogP contribution in [0.4, 0.5) is 10.1 Å². The van der Waals surface area contributed by atoms with Crippen LogP contribution in [-0.4, -0.2) is 56.0 Å². The summed E-state index contributed by atoms with van der Waals surface area (Å²) in [6, 6.07) is 10.5. The summed E-state index contributed by atoms with van der Waals surface area (Å²) in [6.45, 7) is 4.68. The fourth-order valence-electron chi connectivity index (χ4n) is 5.38. The number of amides is 1. The van der Waals surface area contributed by atoms with Gasteiger partial charge in [-0.2, -0.15) is 0 Å².